The average Bonchev–Trinajstić information content (AvgIpc) is 2.17. The molecule has 0 heterocycles. The van der Waals surface area contributed by atoms with Gasteiger partial charge in [-0.3, -0.25) is 0 Å². The van der Waals surface area contributed by atoms with Gasteiger partial charge in [-0.05, 0) is 5.56 Å². The van der Waals surface area contributed by atoms with E-state index in [1.165, 1.54) is 0 Å². The molecule has 1 aromatic carbocycles. The second kappa shape index (κ2) is 3.73. The molecule has 5 N–H and O–H groups in total. The van der Waals surface area contributed by atoms with Crippen molar-refractivity contribution < 1.29 is 5.11 Å². The number of hydrazone groups is 1. The van der Waals surface area contributed by atoms with Gasteiger partial charge in [0, 0.05) is 0 Å². The zero-order valence-electron chi connectivity index (χ0n) is 6.51. The van der Waals surface area contributed by atoms with Crippen LogP contribution in [0.1, 0.15) is 11.7 Å². The summed E-state index contributed by atoms with van der Waals surface area (Å²) in [7, 11) is 0. The quantitative estimate of drug-likeness (QED) is 0.248. The third kappa shape index (κ3) is 1.73. The first-order chi connectivity index (χ1) is 5.75. The third-order valence-electron chi connectivity index (χ3n) is 1.54. The number of nitrogens with zero attached hydrogens (tertiary/aromatic N) is 1. The summed E-state index contributed by atoms with van der Waals surface area (Å²) in [4.78, 5) is 0. The molecular weight excluding hydrogens is 154 g/mol. The van der Waals surface area contributed by atoms with Crippen LogP contribution in [0.4, 0.5) is 0 Å². The van der Waals surface area contributed by atoms with Crippen LogP contribution in [0.3, 0.4) is 0 Å². The Balaban J connectivity index is 2.86. The highest BCUT2D eigenvalue weighted by atomic mass is 16.3. The van der Waals surface area contributed by atoms with Crippen molar-refractivity contribution in [2.45, 2.75) is 6.10 Å². The van der Waals surface area contributed by atoms with E-state index in [1.807, 2.05) is 18.2 Å². The van der Waals surface area contributed by atoms with E-state index in [2.05, 4.69) is 5.10 Å². The maximum Gasteiger partial charge on any atom is 0.152 e. The maximum absolute atomic E-state index is 9.45. The number of aliphatic hydroxyl groups is 1. The molecule has 64 valence electrons. The molecule has 0 aliphatic carbocycles. The fourth-order valence-electron chi connectivity index (χ4n) is 0.877. The van der Waals surface area contributed by atoms with Gasteiger partial charge in [0.25, 0.3) is 0 Å². The minimum atomic E-state index is -0.906. The molecular formula is C8H11N3O. The Kier molecular flexibility index (Phi) is 2.66. The van der Waals surface area contributed by atoms with Gasteiger partial charge in [0.15, 0.2) is 5.84 Å². The molecule has 1 unspecified atom stereocenters. The summed E-state index contributed by atoms with van der Waals surface area (Å²) in [6.45, 7) is 0. The Labute approximate surface area is 70.5 Å². The molecule has 1 aromatic rings. The summed E-state index contributed by atoms with van der Waals surface area (Å²) in [5, 5.41) is 12.7. The van der Waals surface area contributed by atoms with E-state index in [4.69, 9.17) is 11.6 Å². The summed E-state index contributed by atoms with van der Waals surface area (Å²) in [5.74, 6) is 4.93. The van der Waals surface area contributed by atoms with Crippen LogP contribution < -0.4 is 11.6 Å². The predicted molar refractivity (Wildman–Crippen MR) is 47.2 cm³/mol. The van der Waals surface area contributed by atoms with E-state index in [1.54, 1.807) is 12.1 Å². The van der Waals surface area contributed by atoms with Gasteiger partial charge in [-0.1, -0.05) is 30.3 Å². The normalized spacial score (nSPS) is 14.2. The van der Waals surface area contributed by atoms with Crippen molar-refractivity contribution >= 4 is 5.84 Å². The molecule has 4 heteroatoms. The van der Waals surface area contributed by atoms with E-state index in [0.29, 0.717) is 5.56 Å². The van der Waals surface area contributed by atoms with Gasteiger partial charge in [0.2, 0.25) is 0 Å². The van der Waals surface area contributed by atoms with Gasteiger partial charge >= 0.3 is 0 Å². The molecule has 12 heavy (non-hydrogen) atoms. The number of aliphatic hydroxyl groups excluding tert-OH is 1. The number of rotatable bonds is 2. The Morgan fingerprint density at radius 3 is 2.42 bits per heavy atom. The fourth-order valence-corrected chi connectivity index (χ4v) is 0.877. The van der Waals surface area contributed by atoms with Crippen LogP contribution in [-0.2, 0) is 0 Å². The number of hydrogen-bond donors (Lipinski definition) is 3. The van der Waals surface area contributed by atoms with Crippen molar-refractivity contribution in [1.29, 1.82) is 0 Å². The number of amidine groups is 1. The SMILES string of the molecule is N/N=C(\N)C(O)c1ccccc1. The highest BCUT2D eigenvalue weighted by molar-refractivity contribution is 5.85. The monoisotopic (exact) mass is 165 g/mol. The van der Waals surface area contributed by atoms with Crippen molar-refractivity contribution in [2.24, 2.45) is 16.7 Å². The number of nitrogens with two attached hydrogens (primary N) is 2. The van der Waals surface area contributed by atoms with Crippen LogP contribution in [0.5, 0.6) is 0 Å². The van der Waals surface area contributed by atoms with Crippen molar-refractivity contribution in [3.63, 3.8) is 0 Å². The number of benzene rings is 1. The molecule has 0 amide bonds. The topological polar surface area (TPSA) is 84.6 Å². The molecule has 4 nitrogen and oxygen atoms in total. The van der Waals surface area contributed by atoms with Crippen LogP contribution in [0.15, 0.2) is 35.4 Å². The zero-order chi connectivity index (χ0) is 8.97. The highest BCUT2D eigenvalue weighted by Gasteiger charge is 2.10. The fraction of sp³-hybridized carbons (Fsp3) is 0.125. The number of hydrogen-bond acceptors (Lipinski definition) is 3. The van der Waals surface area contributed by atoms with Crippen molar-refractivity contribution in [3.05, 3.63) is 35.9 Å². The smallest absolute Gasteiger partial charge is 0.152 e. The third-order valence-corrected chi connectivity index (χ3v) is 1.54. The molecule has 0 fully saturated rings. The first kappa shape index (κ1) is 8.55. The Morgan fingerprint density at radius 1 is 1.33 bits per heavy atom. The van der Waals surface area contributed by atoms with Crippen molar-refractivity contribution in [3.8, 4) is 0 Å². The minimum Gasteiger partial charge on any atom is -0.383 e. The molecule has 0 spiro atoms. The lowest BCUT2D eigenvalue weighted by atomic mass is 10.1. The van der Waals surface area contributed by atoms with Gasteiger partial charge in [0.1, 0.15) is 6.10 Å². The molecule has 0 saturated carbocycles. The molecule has 0 aliphatic rings. The van der Waals surface area contributed by atoms with Crippen LogP contribution in [-0.4, -0.2) is 10.9 Å². The second-order valence-electron chi connectivity index (χ2n) is 2.37. The predicted octanol–water partition coefficient (Wildman–Crippen LogP) is -0.0491. The highest BCUT2D eigenvalue weighted by Crippen LogP contribution is 2.10. The standard InChI is InChI=1S/C8H11N3O/c9-8(11-10)7(12)6-4-2-1-3-5-6/h1-5,7,12H,10H2,(H2,9,11). The maximum atomic E-state index is 9.45. The van der Waals surface area contributed by atoms with E-state index < -0.39 is 6.10 Å². The Morgan fingerprint density at radius 2 is 1.92 bits per heavy atom. The minimum absolute atomic E-state index is 0.0150. The summed E-state index contributed by atoms with van der Waals surface area (Å²) in [6.07, 6.45) is -0.906. The molecule has 1 atom stereocenters. The zero-order valence-corrected chi connectivity index (χ0v) is 6.51. The molecule has 0 radical (unpaired) electrons. The Hall–Kier alpha value is -1.55. The van der Waals surface area contributed by atoms with Gasteiger partial charge in [-0.15, -0.1) is 0 Å². The van der Waals surface area contributed by atoms with E-state index in [9.17, 15) is 5.11 Å². The van der Waals surface area contributed by atoms with Crippen LogP contribution >= 0.6 is 0 Å². The molecule has 0 aliphatic heterocycles. The average molecular weight is 165 g/mol. The summed E-state index contributed by atoms with van der Waals surface area (Å²) in [6, 6.07) is 8.97. The summed E-state index contributed by atoms with van der Waals surface area (Å²) in [5.41, 5.74) is 6.01. The summed E-state index contributed by atoms with van der Waals surface area (Å²) >= 11 is 0. The molecule has 0 saturated heterocycles. The van der Waals surface area contributed by atoms with Gasteiger partial charge in [-0.2, -0.15) is 5.10 Å². The second-order valence-corrected chi connectivity index (χ2v) is 2.37. The lowest BCUT2D eigenvalue weighted by Gasteiger charge is -2.08. The van der Waals surface area contributed by atoms with Crippen molar-refractivity contribution in [1.82, 2.24) is 0 Å². The first-order valence-corrected chi connectivity index (χ1v) is 3.52. The van der Waals surface area contributed by atoms with E-state index in [-0.39, 0.29) is 5.84 Å². The van der Waals surface area contributed by atoms with Gasteiger partial charge in [-0.25, -0.2) is 0 Å². The largest absolute Gasteiger partial charge is 0.383 e. The van der Waals surface area contributed by atoms with Crippen LogP contribution in [0.25, 0.3) is 0 Å². The van der Waals surface area contributed by atoms with Gasteiger partial charge in [0.05, 0.1) is 0 Å². The van der Waals surface area contributed by atoms with Crippen LogP contribution in [0.2, 0.25) is 0 Å². The van der Waals surface area contributed by atoms with Gasteiger partial charge < -0.3 is 16.7 Å². The lowest BCUT2D eigenvalue weighted by molar-refractivity contribution is 0.245. The van der Waals surface area contributed by atoms with Crippen LogP contribution in [0, 0.1) is 0 Å². The Bertz CT molecular complexity index is 271. The molecule has 0 aromatic heterocycles. The van der Waals surface area contributed by atoms with E-state index >= 15 is 0 Å². The molecule has 1 rings (SSSR count). The van der Waals surface area contributed by atoms with E-state index in [0.717, 1.165) is 0 Å². The lowest BCUT2D eigenvalue weighted by Crippen LogP contribution is -2.23. The first-order valence-electron chi connectivity index (χ1n) is 3.52. The van der Waals surface area contributed by atoms with Crippen molar-refractivity contribution in [2.75, 3.05) is 0 Å². The summed E-state index contributed by atoms with van der Waals surface area (Å²) < 4.78 is 0. The molecule has 0 bridgehead atoms.